The fourth-order valence-electron chi connectivity index (χ4n) is 2.75. The van der Waals surface area contributed by atoms with Crippen LogP contribution in [0.3, 0.4) is 0 Å². The minimum absolute atomic E-state index is 0.257. The van der Waals surface area contributed by atoms with Crippen LogP contribution in [0.4, 0.5) is 0 Å². The maximum absolute atomic E-state index is 4.60. The molecule has 5 heteroatoms. The van der Waals surface area contributed by atoms with E-state index in [1.165, 1.54) is 16.1 Å². The molecule has 2 rings (SSSR count). The molecule has 0 aliphatic heterocycles. The van der Waals surface area contributed by atoms with Crippen LogP contribution in [-0.4, -0.2) is 14.8 Å². The van der Waals surface area contributed by atoms with E-state index >= 15 is 0 Å². The summed E-state index contributed by atoms with van der Waals surface area (Å²) < 4.78 is 2.07. The average Bonchev–Trinajstić information content (AvgIpc) is 2.93. The van der Waals surface area contributed by atoms with Crippen molar-refractivity contribution in [2.45, 2.75) is 60.2 Å². The van der Waals surface area contributed by atoms with Gasteiger partial charge in [0.25, 0.3) is 0 Å². The number of hydrogen-bond acceptors (Lipinski definition) is 4. The Labute approximate surface area is 125 Å². The third kappa shape index (κ3) is 2.94. The van der Waals surface area contributed by atoms with Crippen molar-refractivity contribution < 1.29 is 0 Å². The highest BCUT2D eigenvalue weighted by molar-refractivity contribution is 7.11. The molecule has 0 aliphatic rings. The minimum atomic E-state index is 0.257. The molecule has 0 aliphatic carbocycles. The summed E-state index contributed by atoms with van der Waals surface area (Å²) in [7, 11) is 0. The van der Waals surface area contributed by atoms with Gasteiger partial charge in [-0.2, -0.15) is 5.10 Å². The topological polar surface area (TPSA) is 42.7 Å². The van der Waals surface area contributed by atoms with Gasteiger partial charge in [-0.05, 0) is 41.5 Å². The van der Waals surface area contributed by atoms with Gasteiger partial charge in [0.15, 0.2) is 0 Å². The normalized spacial score (nSPS) is 14.5. The molecule has 0 aromatic carbocycles. The lowest BCUT2D eigenvalue weighted by Crippen LogP contribution is -2.23. The first-order valence-corrected chi connectivity index (χ1v) is 7.98. The van der Waals surface area contributed by atoms with Crippen molar-refractivity contribution in [3.63, 3.8) is 0 Å². The first-order valence-electron chi connectivity index (χ1n) is 7.16. The van der Waals surface area contributed by atoms with Gasteiger partial charge in [0.1, 0.15) is 5.01 Å². The molecular formula is C15H24N4S. The van der Waals surface area contributed by atoms with E-state index in [1.807, 2.05) is 6.20 Å². The van der Waals surface area contributed by atoms with Crippen LogP contribution in [0, 0.1) is 20.8 Å². The lowest BCUT2D eigenvalue weighted by molar-refractivity contribution is 0.489. The predicted octanol–water partition coefficient (Wildman–Crippen LogP) is 3.70. The first kappa shape index (κ1) is 15.2. The van der Waals surface area contributed by atoms with E-state index in [1.54, 1.807) is 11.3 Å². The van der Waals surface area contributed by atoms with Crippen LogP contribution in [0.2, 0.25) is 0 Å². The molecule has 0 bridgehead atoms. The summed E-state index contributed by atoms with van der Waals surface area (Å²) in [5.41, 5.74) is 3.69. The summed E-state index contributed by atoms with van der Waals surface area (Å²) in [6.45, 7) is 13.7. The monoisotopic (exact) mass is 292 g/mol. The van der Waals surface area contributed by atoms with Gasteiger partial charge in [-0.25, -0.2) is 4.98 Å². The molecule has 2 aromatic heterocycles. The van der Waals surface area contributed by atoms with Crippen LogP contribution in [-0.2, 0) is 6.54 Å². The fraction of sp³-hybridized carbons (Fsp3) is 0.600. The second-order valence-corrected chi connectivity index (χ2v) is 6.59. The molecule has 0 saturated heterocycles. The van der Waals surface area contributed by atoms with Gasteiger partial charge < -0.3 is 5.32 Å². The van der Waals surface area contributed by atoms with Gasteiger partial charge in [0.05, 0.1) is 11.7 Å². The number of nitrogens with one attached hydrogen (secondary N) is 1. The summed E-state index contributed by atoms with van der Waals surface area (Å²) in [5.74, 6) is 0. The molecule has 1 N–H and O–H groups in total. The van der Waals surface area contributed by atoms with Gasteiger partial charge in [0, 0.05) is 34.9 Å². The van der Waals surface area contributed by atoms with E-state index in [0.29, 0.717) is 0 Å². The Kier molecular flexibility index (Phi) is 4.60. The molecule has 110 valence electrons. The van der Waals surface area contributed by atoms with E-state index < -0.39 is 0 Å². The number of hydrogen-bond donors (Lipinski definition) is 1. The van der Waals surface area contributed by atoms with Crippen LogP contribution in [0.25, 0.3) is 0 Å². The molecule has 20 heavy (non-hydrogen) atoms. The Morgan fingerprint density at radius 2 is 1.95 bits per heavy atom. The predicted molar refractivity (Wildman–Crippen MR) is 84.2 cm³/mol. The van der Waals surface area contributed by atoms with E-state index in [4.69, 9.17) is 0 Å². The number of nitrogens with zero attached hydrogens (tertiary/aromatic N) is 3. The second-order valence-electron chi connectivity index (χ2n) is 5.32. The fourth-order valence-corrected chi connectivity index (χ4v) is 3.53. The lowest BCUT2D eigenvalue weighted by atomic mass is 10.1. The Morgan fingerprint density at radius 1 is 1.25 bits per heavy atom. The molecule has 2 unspecified atom stereocenters. The van der Waals surface area contributed by atoms with Crippen molar-refractivity contribution in [2.75, 3.05) is 0 Å². The van der Waals surface area contributed by atoms with Crippen molar-refractivity contribution in [1.29, 1.82) is 0 Å². The van der Waals surface area contributed by atoms with E-state index in [9.17, 15) is 0 Å². The average molecular weight is 292 g/mol. The Bertz CT molecular complexity index is 585. The van der Waals surface area contributed by atoms with Crippen molar-refractivity contribution in [2.24, 2.45) is 0 Å². The maximum Gasteiger partial charge on any atom is 0.109 e. The number of aryl methyl sites for hydroxylation is 3. The summed E-state index contributed by atoms with van der Waals surface area (Å²) in [6.07, 6.45) is 1.94. The zero-order valence-electron chi connectivity index (χ0n) is 13.2. The van der Waals surface area contributed by atoms with Gasteiger partial charge in [-0.1, -0.05) is 0 Å². The molecule has 0 saturated carbocycles. The van der Waals surface area contributed by atoms with Crippen molar-refractivity contribution in [3.05, 3.63) is 33.0 Å². The van der Waals surface area contributed by atoms with Gasteiger partial charge >= 0.3 is 0 Å². The Morgan fingerprint density at radius 3 is 2.45 bits per heavy atom. The van der Waals surface area contributed by atoms with E-state index in [0.717, 1.165) is 17.2 Å². The molecule has 0 spiro atoms. The number of rotatable bonds is 5. The Balaban J connectivity index is 2.16. The summed E-state index contributed by atoms with van der Waals surface area (Å²) >= 11 is 1.76. The highest BCUT2D eigenvalue weighted by Crippen LogP contribution is 2.26. The van der Waals surface area contributed by atoms with Crippen LogP contribution >= 0.6 is 11.3 Å². The first-order chi connectivity index (χ1) is 9.43. The molecule has 2 heterocycles. The third-order valence-electron chi connectivity index (χ3n) is 3.68. The molecule has 2 atom stereocenters. The van der Waals surface area contributed by atoms with Crippen LogP contribution in [0.5, 0.6) is 0 Å². The largest absolute Gasteiger partial charge is 0.301 e. The SMILES string of the molecule is CCn1nc(C)c(C(C)NC(C)c2ncc(C)s2)c1C. The van der Waals surface area contributed by atoms with Gasteiger partial charge in [-0.3, -0.25) is 4.68 Å². The molecule has 0 radical (unpaired) electrons. The summed E-state index contributed by atoms with van der Waals surface area (Å²) in [5, 5.41) is 9.38. The molecule has 2 aromatic rings. The molecule has 0 amide bonds. The molecular weight excluding hydrogens is 268 g/mol. The summed E-state index contributed by atoms with van der Waals surface area (Å²) in [4.78, 5) is 5.72. The van der Waals surface area contributed by atoms with Gasteiger partial charge in [0.2, 0.25) is 0 Å². The number of thiazole rings is 1. The van der Waals surface area contributed by atoms with Crippen molar-refractivity contribution in [3.8, 4) is 0 Å². The van der Waals surface area contributed by atoms with E-state index in [2.05, 4.69) is 61.6 Å². The molecule has 0 fully saturated rings. The van der Waals surface area contributed by atoms with Crippen molar-refractivity contribution >= 4 is 11.3 Å². The second kappa shape index (κ2) is 6.06. The Hall–Kier alpha value is -1.20. The van der Waals surface area contributed by atoms with Gasteiger partial charge in [-0.15, -0.1) is 11.3 Å². The minimum Gasteiger partial charge on any atom is -0.301 e. The highest BCUT2D eigenvalue weighted by Gasteiger charge is 2.20. The lowest BCUT2D eigenvalue weighted by Gasteiger charge is -2.19. The maximum atomic E-state index is 4.60. The van der Waals surface area contributed by atoms with Crippen LogP contribution in [0.1, 0.15) is 59.7 Å². The molecule has 4 nitrogen and oxygen atoms in total. The quantitative estimate of drug-likeness (QED) is 0.914. The standard InChI is InChI=1S/C15H24N4S/c1-7-19-13(6)14(11(4)18-19)10(3)17-12(5)15-16-8-9(2)20-15/h8,10,12,17H,7H2,1-6H3. The third-order valence-corrected chi connectivity index (χ3v) is 4.78. The van der Waals surface area contributed by atoms with E-state index in [-0.39, 0.29) is 12.1 Å². The van der Waals surface area contributed by atoms with Crippen LogP contribution < -0.4 is 5.32 Å². The van der Waals surface area contributed by atoms with Crippen LogP contribution in [0.15, 0.2) is 6.20 Å². The highest BCUT2D eigenvalue weighted by atomic mass is 32.1. The zero-order valence-corrected chi connectivity index (χ0v) is 14.0. The smallest absolute Gasteiger partial charge is 0.109 e. The van der Waals surface area contributed by atoms with Crippen molar-refractivity contribution in [1.82, 2.24) is 20.1 Å². The number of aromatic nitrogens is 3. The zero-order chi connectivity index (χ0) is 14.9. The summed E-state index contributed by atoms with van der Waals surface area (Å²) in [6, 6.07) is 0.530.